The van der Waals surface area contributed by atoms with Gasteiger partial charge in [-0.25, -0.2) is 0 Å². The highest BCUT2D eigenvalue weighted by atomic mass is 16.2. The maximum atomic E-state index is 11.7. The van der Waals surface area contributed by atoms with E-state index in [0.717, 1.165) is 0 Å². The fourth-order valence-electron chi connectivity index (χ4n) is 2.01. The van der Waals surface area contributed by atoms with E-state index in [9.17, 15) is 4.79 Å². The van der Waals surface area contributed by atoms with E-state index in [1.165, 1.54) is 32.1 Å². The van der Waals surface area contributed by atoms with Crippen molar-refractivity contribution in [3.05, 3.63) is 24.3 Å². The lowest BCUT2D eigenvalue weighted by Crippen LogP contribution is -2.37. The van der Waals surface area contributed by atoms with Gasteiger partial charge in [0, 0.05) is 19.2 Å². The van der Waals surface area contributed by atoms with Crippen molar-refractivity contribution in [1.82, 2.24) is 4.90 Å². The van der Waals surface area contributed by atoms with Crippen molar-refractivity contribution >= 4 is 5.91 Å². The van der Waals surface area contributed by atoms with Gasteiger partial charge in [0.05, 0.1) is 0 Å². The molecule has 2 heteroatoms. The van der Waals surface area contributed by atoms with E-state index in [1.54, 1.807) is 6.08 Å². The Kier molecular flexibility index (Phi) is 5.16. The topological polar surface area (TPSA) is 20.3 Å². The van der Waals surface area contributed by atoms with Crippen molar-refractivity contribution in [2.45, 2.75) is 45.1 Å². The first-order chi connectivity index (χ1) is 7.25. The van der Waals surface area contributed by atoms with Crippen LogP contribution in [0.25, 0.3) is 0 Å². The molecule has 0 N–H and O–H groups in total. The lowest BCUT2D eigenvalue weighted by molar-refractivity contribution is -0.127. The molecule has 0 aliphatic heterocycles. The number of carbonyl (C=O) groups is 1. The molecule has 1 rings (SSSR count). The molecule has 1 aliphatic rings. The van der Waals surface area contributed by atoms with Crippen molar-refractivity contribution in [1.29, 1.82) is 0 Å². The molecular formula is C13H21NO. The fourth-order valence-corrected chi connectivity index (χ4v) is 2.01. The Hall–Kier alpha value is -1.05. The van der Waals surface area contributed by atoms with Crippen LogP contribution in [0.4, 0.5) is 0 Å². The predicted octanol–water partition coefficient (Wildman–Crippen LogP) is 2.91. The summed E-state index contributed by atoms with van der Waals surface area (Å²) >= 11 is 0. The lowest BCUT2D eigenvalue weighted by atomic mass is 9.94. The number of carbonyl (C=O) groups excluding carboxylic acids is 1. The molecule has 1 amide bonds. The maximum Gasteiger partial charge on any atom is 0.246 e. The van der Waals surface area contributed by atoms with Crippen LogP contribution in [0.3, 0.4) is 0 Å². The number of hydrogen-bond acceptors (Lipinski definition) is 1. The molecule has 0 heterocycles. The quantitative estimate of drug-likeness (QED) is 0.514. The highest BCUT2D eigenvalue weighted by Crippen LogP contribution is 2.21. The number of hydrogen-bond donors (Lipinski definition) is 0. The Morgan fingerprint density at radius 1 is 1.20 bits per heavy atom. The van der Waals surface area contributed by atoms with Crippen molar-refractivity contribution < 1.29 is 4.79 Å². The highest BCUT2D eigenvalue weighted by molar-refractivity contribution is 5.87. The number of likely N-dealkylation sites (N-methyl/N-ethyl adjacent to an activating group) is 1. The molecule has 15 heavy (non-hydrogen) atoms. The van der Waals surface area contributed by atoms with Crippen LogP contribution >= 0.6 is 0 Å². The summed E-state index contributed by atoms with van der Waals surface area (Å²) in [7, 11) is 1.92. The second kappa shape index (κ2) is 6.44. The summed E-state index contributed by atoms with van der Waals surface area (Å²) in [4.78, 5) is 13.6. The van der Waals surface area contributed by atoms with Crippen molar-refractivity contribution in [3.63, 3.8) is 0 Å². The summed E-state index contributed by atoms with van der Waals surface area (Å²) in [5.41, 5.74) is 0. The van der Waals surface area contributed by atoms with Crippen molar-refractivity contribution in [3.8, 4) is 0 Å². The van der Waals surface area contributed by atoms with E-state index in [4.69, 9.17) is 0 Å². The van der Waals surface area contributed by atoms with Crippen LogP contribution in [0.2, 0.25) is 0 Å². The zero-order valence-corrected chi connectivity index (χ0v) is 9.78. The van der Waals surface area contributed by atoms with Crippen LogP contribution in [0, 0.1) is 0 Å². The largest absolute Gasteiger partial charge is 0.339 e. The summed E-state index contributed by atoms with van der Waals surface area (Å²) in [6, 6.07) is 0.460. The Morgan fingerprint density at radius 3 is 2.47 bits per heavy atom. The zero-order chi connectivity index (χ0) is 11.1. The third-order valence-electron chi connectivity index (χ3n) is 3.01. The first kappa shape index (κ1) is 12.0. The van der Waals surface area contributed by atoms with E-state index >= 15 is 0 Å². The van der Waals surface area contributed by atoms with Crippen LogP contribution in [0.1, 0.15) is 39.0 Å². The standard InChI is InChI=1S/C13H21NO/c1-3-4-6-11-13(15)14(2)12-9-7-5-8-10-12/h3-4,6,11-12H,5,7-10H2,1-2H3/b4-3+,11-6?. The van der Waals surface area contributed by atoms with E-state index < -0.39 is 0 Å². The molecule has 0 unspecified atom stereocenters. The second-order valence-electron chi connectivity index (χ2n) is 4.13. The van der Waals surface area contributed by atoms with Gasteiger partial charge < -0.3 is 4.90 Å². The van der Waals surface area contributed by atoms with Gasteiger partial charge in [0.25, 0.3) is 0 Å². The van der Waals surface area contributed by atoms with Crippen molar-refractivity contribution in [2.24, 2.45) is 0 Å². The Labute approximate surface area is 92.7 Å². The van der Waals surface area contributed by atoms with Crippen LogP contribution in [0.5, 0.6) is 0 Å². The second-order valence-corrected chi connectivity index (χ2v) is 4.13. The third kappa shape index (κ3) is 3.90. The van der Waals surface area contributed by atoms with Gasteiger partial charge in [-0.05, 0) is 19.8 Å². The predicted molar refractivity (Wildman–Crippen MR) is 63.6 cm³/mol. The Bertz CT molecular complexity index is 249. The monoisotopic (exact) mass is 207 g/mol. The molecule has 84 valence electrons. The van der Waals surface area contributed by atoms with Crippen molar-refractivity contribution in [2.75, 3.05) is 7.05 Å². The van der Waals surface area contributed by atoms with Gasteiger partial charge in [0.15, 0.2) is 0 Å². The molecule has 0 spiro atoms. The van der Waals surface area contributed by atoms with Gasteiger partial charge in [-0.15, -0.1) is 0 Å². The van der Waals surface area contributed by atoms with E-state index in [1.807, 2.05) is 37.1 Å². The first-order valence-electron chi connectivity index (χ1n) is 5.82. The summed E-state index contributed by atoms with van der Waals surface area (Å²) in [6.45, 7) is 1.94. The Balaban J connectivity index is 2.43. The summed E-state index contributed by atoms with van der Waals surface area (Å²) in [6.07, 6.45) is 13.4. The highest BCUT2D eigenvalue weighted by Gasteiger charge is 2.20. The van der Waals surface area contributed by atoms with E-state index in [0.29, 0.717) is 6.04 Å². The summed E-state index contributed by atoms with van der Waals surface area (Å²) < 4.78 is 0. The average Bonchev–Trinajstić information content (AvgIpc) is 2.29. The fraction of sp³-hybridized carbons (Fsp3) is 0.615. The molecule has 0 saturated heterocycles. The lowest BCUT2D eigenvalue weighted by Gasteiger charge is -2.30. The van der Waals surface area contributed by atoms with Crippen LogP contribution in [-0.4, -0.2) is 23.9 Å². The van der Waals surface area contributed by atoms with Gasteiger partial charge >= 0.3 is 0 Å². The zero-order valence-electron chi connectivity index (χ0n) is 9.78. The molecule has 1 saturated carbocycles. The SMILES string of the molecule is C/C=C/C=CC(=O)N(C)C1CCCCC1. The molecule has 1 aliphatic carbocycles. The molecule has 0 aromatic heterocycles. The molecule has 0 aromatic carbocycles. The van der Waals surface area contributed by atoms with Gasteiger partial charge in [-0.2, -0.15) is 0 Å². The Morgan fingerprint density at radius 2 is 1.87 bits per heavy atom. The summed E-state index contributed by atoms with van der Waals surface area (Å²) in [5.74, 6) is 0.125. The number of allylic oxidation sites excluding steroid dienone is 3. The van der Waals surface area contributed by atoms with E-state index in [-0.39, 0.29) is 5.91 Å². The molecule has 0 aromatic rings. The summed E-state index contributed by atoms with van der Waals surface area (Å²) in [5, 5.41) is 0. The van der Waals surface area contributed by atoms with Gasteiger partial charge in [0.1, 0.15) is 0 Å². The molecule has 2 nitrogen and oxygen atoms in total. The molecular weight excluding hydrogens is 186 g/mol. The van der Waals surface area contributed by atoms with E-state index in [2.05, 4.69) is 0 Å². The number of amides is 1. The minimum Gasteiger partial charge on any atom is -0.339 e. The van der Waals surface area contributed by atoms with Crippen LogP contribution in [-0.2, 0) is 4.79 Å². The molecule has 1 fully saturated rings. The number of nitrogens with zero attached hydrogens (tertiary/aromatic N) is 1. The van der Waals surface area contributed by atoms with Gasteiger partial charge in [-0.1, -0.05) is 37.5 Å². The number of rotatable bonds is 3. The molecule has 0 radical (unpaired) electrons. The van der Waals surface area contributed by atoms with Gasteiger partial charge in [0.2, 0.25) is 5.91 Å². The first-order valence-corrected chi connectivity index (χ1v) is 5.82. The smallest absolute Gasteiger partial charge is 0.246 e. The normalized spacial score (nSPS) is 18.8. The van der Waals surface area contributed by atoms with Gasteiger partial charge in [-0.3, -0.25) is 4.79 Å². The maximum absolute atomic E-state index is 11.7. The minimum atomic E-state index is 0.125. The third-order valence-corrected chi connectivity index (χ3v) is 3.01. The minimum absolute atomic E-state index is 0.125. The van der Waals surface area contributed by atoms with Crippen LogP contribution in [0.15, 0.2) is 24.3 Å². The molecule has 0 bridgehead atoms. The van der Waals surface area contributed by atoms with Crippen LogP contribution < -0.4 is 0 Å². The average molecular weight is 207 g/mol. The molecule has 0 atom stereocenters.